The molecule has 6 aliphatic heterocycles. The van der Waals surface area contributed by atoms with Crippen molar-refractivity contribution in [3.63, 3.8) is 0 Å². The second kappa shape index (κ2) is 52.3. The smallest absolute Gasteiger partial charge is 0.220 e. The molecule has 6 fully saturated rings. The predicted octanol–water partition coefficient (Wildman–Crippen LogP) is -3.05. The Labute approximate surface area is 708 Å². The molecule has 4 amide bonds. The molecule has 0 aromatic carbocycles. The van der Waals surface area contributed by atoms with Gasteiger partial charge in [-0.3, -0.25) is 19.2 Å². The molecule has 4 aromatic heterocycles. The van der Waals surface area contributed by atoms with E-state index >= 15 is 0 Å². The topological polar surface area (TPSA) is 516 Å². The summed E-state index contributed by atoms with van der Waals surface area (Å²) in [7, 11) is 3.33. The van der Waals surface area contributed by atoms with E-state index in [1.807, 2.05) is 18.2 Å². The van der Waals surface area contributed by atoms with Gasteiger partial charge in [0.2, 0.25) is 23.6 Å². The number of pyridine rings is 1. The molecule has 4 aromatic rings. The molecule has 0 unspecified atom stereocenters. The summed E-state index contributed by atoms with van der Waals surface area (Å²) in [5.41, 5.74) is -3.21. The maximum Gasteiger partial charge on any atom is 0.220 e. The van der Waals surface area contributed by atoms with Crippen LogP contribution in [0.3, 0.4) is 0 Å². The molecule has 10 rings (SSSR count). The van der Waals surface area contributed by atoms with Gasteiger partial charge in [0.15, 0.2) is 18.9 Å². The lowest BCUT2D eigenvalue weighted by Crippen LogP contribution is -2.66. The molecule has 0 aliphatic carbocycles. The number of carbonyl (C=O) groups is 4. The zero-order valence-corrected chi connectivity index (χ0v) is 70.5. The average molecular weight is 1760 g/mol. The summed E-state index contributed by atoms with van der Waals surface area (Å²) < 4.78 is 127. The maximum absolute atomic E-state index is 14.2. The fraction of sp³-hybridized carbons (Fsp3) is 0.800. The van der Waals surface area contributed by atoms with Crippen LogP contribution < -0.4 is 21.3 Å². The number of aliphatic hydroxyl groups is 5. The Morgan fingerprint density at radius 2 is 0.851 bits per heavy atom. The van der Waals surface area contributed by atoms with E-state index in [9.17, 15) is 44.7 Å². The average Bonchev–Trinajstić information content (AvgIpc) is 1.61. The molecule has 14 atom stereocenters. The molecular weight excluding hydrogens is 1640 g/mol. The van der Waals surface area contributed by atoms with Crippen LogP contribution in [-0.4, -0.2) is 393 Å². The van der Waals surface area contributed by atoms with Crippen LogP contribution >= 0.6 is 21.6 Å². The third-order valence-electron chi connectivity index (χ3n) is 19.9. The number of nitrogens with one attached hydrogen (secondary N) is 4. The molecule has 44 nitrogen and oxygen atoms in total. The second-order valence-electron chi connectivity index (χ2n) is 29.7. The van der Waals surface area contributed by atoms with Gasteiger partial charge in [-0.1, -0.05) is 38.9 Å². The van der Waals surface area contributed by atoms with E-state index < -0.39 is 89.9 Å². The second-order valence-corrected chi connectivity index (χ2v) is 32.2. The Morgan fingerprint density at radius 1 is 0.471 bits per heavy atom. The Bertz CT molecular complexity index is 3490. The third-order valence-corrected chi connectivity index (χ3v) is 22.2. The van der Waals surface area contributed by atoms with Crippen LogP contribution in [0.15, 0.2) is 48.0 Å². The number of unbranched alkanes of at least 4 members (excludes halogenated alkanes) is 2. The van der Waals surface area contributed by atoms with Gasteiger partial charge in [0.1, 0.15) is 80.9 Å². The van der Waals surface area contributed by atoms with Crippen LogP contribution in [0.25, 0.3) is 0 Å². The zero-order chi connectivity index (χ0) is 85.4. The van der Waals surface area contributed by atoms with Gasteiger partial charge in [-0.05, 0) is 35.8 Å². The van der Waals surface area contributed by atoms with Gasteiger partial charge in [0.05, 0.1) is 268 Å². The Balaban J connectivity index is 0.638. The first kappa shape index (κ1) is 97.3. The first-order chi connectivity index (χ1) is 58.8. The molecule has 6 saturated heterocycles. The van der Waals surface area contributed by atoms with Crippen LogP contribution in [0.2, 0.25) is 0 Å². The summed E-state index contributed by atoms with van der Waals surface area (Å²) in [6.45, 7) is 11.4. The zero-order valence-electron chi connectivity index (χ0n) is 68.8. The maximum atomic E-state index is 14.2. The molecule has 0 saturated carbocycles. The minimum atomic E-state index is -1.34. The molecule has 6 bridgehead atoms. The molecule has 46 heteroatoms. The van der Waals surface area contributed by atoms with E-state index in [0.717, 1.165) is 23.6 Å². The van der Waals surface area contributed by atoms with E-state index in [2.05, 4.69) is 57.2 Å². The molecule has 10 heterocycles. The number of carbonyl (C=O) groups excluding carboxylic acids is 4. The van der Waals surface area contributed by atoms with Crippen molar-refractivity contribution in [3.8, 4) is 0 Å². The molecule has 121 heavy (non-hydrogen) atoms. The van der Waals surface area contributed by atoms with Gasteiger partial charge >= 0.3 is 0 Å². The van der Waals surface area contributed by atoms with Gasteiger partial charge in [-0.15, -0.1) is 15.3 Å². The summed E-state index contributed by atoms with van der Waals surface area (Å²) in [6.07, 6.45) is 1.30. The number of ether oxygens (including phenoxy) is 21. The fourth-order valence-electron chi connectivity index (χ4n) is 13.7. The van der Waals surface area contributed by atoms with Crippen LogP contribution in [0.4, 0.5) is 0 Å². The van der Waals surface area contributed by atoms with Gasteiger partial charge in [0, 0.05) is 45.6 Å². The van der Waals surface area contributed by atoms with Gasteiger partial charge in [-0.25, -0.2) is 19.0 Å². The molecular formula is C75H120N14O30S2. The quantitative estimate of drug-likeness (QED) is 0.0157. The largest absolute Gasteiger partial charge is 0.390 e. The summed E-state index contributed by atoms with van der Waals surface area (Å²) in [4.78, 5) is 53.3. The van der Waals surface area contributed by atoms with E-state index in [-0.39, 0.29) is 142 Å². The molecule has 6 aliphatic rings. The van der Waals surface area contributed by atoms with Crippen molar-refractivity contribution in [1.82, 2.24) is 71.2 Å². The van der Waals surface area contributed by atoms with E-state index in [0.29, 0.717) is 155 Å². The van der Waals surface area contributed by atoms with Crippen molar-refractivity contribution >= 4 is 45.2 Å². The number of aromatic nitrogens is 10. The number of fused-ring (bicyclic) bond motifs is 6. The minimum Gasteiger partial charge on any atom is -0.390 e. The number of nitrogens with zero attached hydrogens (tertiary/aromatic N) is 10. The SMILES string of the molecule is CC(=O)N[C@H]1[C@H]2OC[C@](COCCOCCOCCOCCn3cc(COCC(COCc4cn(CCOCCOCCOCCOC[C@@]56CO[C@@H](O5)[C@H](NC(C)=O)C[C@H]6O)nn4)(COCc4cn(CCOCCOCCOCCOC[C@@]56CO[C@@H](O5)[C@H](NC(C)=O)[C@@H](O)[C@H]6O)nn4)NC(=O)CCCCCSSc4ccccn4)nn3)(O2)[C@H](O)[C@@H]1O. The van der Waals surface area contributed by atoms with Crippen LogP contribution in [0, 0.1) is 0 Å². The van der Waals surface area contributed by atoms with Gasteiger partial charge in [-0.2, -0.15) is 0 Å². The van der Waals surface area contributed by atoms with Crippen molar-refractivity contribution in [2.45, 2.75) is 187 Å². The molecule has 682 valence electrons. The van der Waals surface area contributed by atoms with E-state index in [1.54, 1.807) is 60.4 Å². The molecule has 0 spiro atoms. The van der Waals surface area contributed by atoms with Gasteiger partial charge in [0.25, 0.3) is 0 Å². The van der Waals surface area contributed by atoms with Crippen molar-refractivity contribution in [2.75, 3.05) is 204 Å². The van der Waals surface area contributed by atoms with Gasteiger partial charge < -0.3 is 146 Å². The summed E-state index contributed by atoms with van der Waals surface area (Å²) in [5, 5.41) is 91.5. The Hall–Kier alpha value is -5.89. The van der Waals surface area contributed by atoms with Crippen LogP contribution in [0.1, 0.15) is 70.0 Å². The first-order valence-electron chi connectivity index (χ1n) is 40.8. The third kappa shape index (κ3) is 32.2. The van der Waals surface area contributed by atoms with Crippen molar-refractivity contribution in [2.24, 2.45) is 0 Å². The lowest BCUT2D eigenvalue weighted by molar-refractivity contribution is -0.238. The predicted molar refractivity (Wildman–Crippen MR) is 419 cm³/mol. The number of amides is 4. The lowest BCUT2D eigenvalue weighted by Gasteiger charge is -2.42. The highest BCUT2D eigenvalue weighted by molar-refractivity contribution is 8.76. The van der Waals surface area contributed by atoms with E-state index in [1.165, 1.54) is 20.8 Å². The molecule has 0 radical (unpaired) electrons. The summed E-state index contributed by atoms with van der Waals surface area (Å²) in [6, 6.07) is 3.57. The van der Waals surface area contributed by atoms with Crippen molar-refractivity contribution in [1.29, 1.82) is 0 Å². The number of aliphatic hydroxyl groups excluding tert-OH is 5. The summed E-state index contributed by atoms with van der Waals surface area (Å²) in [5.74, 6) is -0.349. The standard InChI is InChI=1S/C75H120N14O30S2/c1-53(90)77-59-37-60(93)73(50-114-69(59)117-73)47-108-33-30-105-27-24-102-21-18-99-15-12-87-38-56(81-84-87)41-111-44-72(80-61(94)9-5-4-8-36-120-121-62-10-6-7-11-76-62,45-112-42-57-39-88(85-82-57)13-16-100-19-22-103-25-28-106-31-34-109-48-74-51-115-70(118-74)63(78-54(2)91)65(95)67(74)97)46-113-43-58-40-89(86-83-58)14-17-101-20-23-104-26-29-107-32-35-110-49-75-52-116-71(119-75)64(79-55(3)92)66(96)68(75)98/h6-7,10-11,38-40,59-60,63-71,93,95-98H,4-5,8-9,12-37,41-52H2,1-3H3,(H,77,90)(H,78,91)(H,79,92)(H,80,94)/t59-,60-,63-,64-,65-,66-,67-,68-,69+,70+,71+,73+,74+,75+/m1/s1. The van der Waals surface area contributed by atoms with Crippen LogP contribution in [0.5, 0.6) is 0 Å². The highest BCUT2D eigenvalue weighted by Crippen LogP contribution is 2.40. The number of rotatable bonds is 66. The first-order valence-corrected chi connectivity index (χ1v) is 43.1. The van der Waals surface area contributed by atoms with Crippen LogP contribution in [-0.2, 0) is 158 Å². The lowest BCUT2D eigenvalue weighted by atomic mass is 9.88. The minimum absolute atomic E-state index is 0.00889. The highest BCUT2D eigenvalue weighted by atomic mass is 33.1. The fourth-order valence-corrected chi connectivity index (χ4v) is 15.7. The Morgan fingerprint density at radius 3 is 1.26 bits per heavy atom. The van der Waals surface area contributed by atoms with E-state index in [4.69, 9.17) is 99.5 Å². The Kier molecular flexibility index (Phi) is 42.0. The monoisotopic (exact) mass is 1760 g/mol. The number of hydrogen-bond donors (Lipinski definition) is 9. The molecule has 9 N–H and O–H groups in total. The van der Waals surface area contributed by atoms with Crippen molar-refractivity contribution < 1.29 is 144 Å². The highest BCUT2D eigenvalue weighted by Gasteiger charge is 2.61. The van der Waals surface area contributed by atoms with Crippen molar-refractivity contribution in [3.05, 3.63) is 60.1 Å². The normalized spacial score (nSPS) is 25.9. The summed E-state index contributed by atoms with van der Waals surface area (Å²) >= 11 is 0. The number of hydrogen-bond acceptors (Lipinski definition) is 39.